The number of hydrogen-bond donors (Lipinski definition) is 0. The molecule has 5 heteroatoms. The van der Waals surface area contributed by atoms with Crippen molar-refractivity contribution in [1.29, 1.82) is 0 Å². The zero-order valence-corrected chi connectivity index (χ0v) is 15.4. The van der Waals surface area contributed by atoms with E-state index in [2.05, 4.69) is 4.94 Å². The van der Waals surface area contributed by atoms with E-state index in [0.717, 1.165) is 0 Å². The molecule has 0 bridgehead atoms. The molecule has 0 nitrogen and oxygen atoms in total. The van der Waals surface area contributed by atoms with Crippen LogP contribution in [-0.4, -0.2) is 19.8 Å². The van der Waals surface area contributed by atoms with Crippen LogP contribution in [0.2, 0.25) is 25.0 Å². The van der Waals surface area contributed by atoms with Crippen LogP contribution in [0.4, 0.5) is 0 Å². The molecule has 0 aliphatic carbocycles. The van der Waals surface area contributed by atoms with Gasteiger partial charge in [-0.15, -0.1) is 0 Å². The standard InChI is InChI=1S/2C6H3Cl2.CH3.Sn/c2*7-5-3-1-2-4-6(5)8;;/h2*1,3-4H;1H3;. The van der Waals surface area contributed by atoms with Gasteiger partial charge in [0.1, 0.15) is 0 Å². The summed E-state index contributed by atoms with van der Waals surface area (Å²) < 4.78 is 2.57. The van der Waals surface area contributed by atoms with E-state index in [1.807, 2.05) is 36.4 Å². The summed E-state index contributed by atoms with van der Waals surface area (Å²) in [5.41, 5.74) is 0. The molecule has 2 rings (SSSR count). The first-order chi connectivity index (χ1) is 8.49. The molecule has 0 aliphatic heterocycles. The average molecular weight is 426 g/mol. The summed E-state index contributed by atoms with van der Waals surface area (Å²) >= 11 is 22.0. The van der Waals surface area contributed by atoms with Gasteiger partial charge in [-0.3, -0.25) is 0 Å². The zero-order valence-electron chi connectivity index (χ0n) is 9.48. The minimum atomic E-state index is -1.92. The van der Waals surface area contributed by atoms with Gasteiger partial charge in [0.15, 0.2) is 0 Å². The third kappa shape index (κ3) is 3.29. The van der Waals surface area contributed by atoms with Gasteiger partial charge in [-0.2, -0.15) is 0 Å². The van der Waals surface area contributed by atoms with E-state index in [1.165, 1.54) is 7.16 Å². The van der Waals surface area contributed by atoms with Gasteiger partial charge in [0, 0.05) is 0 Å². The monoisotopic (exact) mass is 425 g/mol. The molecular formula is C13H9Cl4Sn. The topological polar surface area (TPSA) is 0 Å². The Morgan fingerprint density at radius 1 is 0.667 bits per heavy atom. The molecule has 0 fully saturated rings. The summed E-state index contributed by atoms with van der Waals surface area (Å²) in [7, 11) is 0. The van der Waals surface area contributed by atoms with Crippen LogP contribution < -0.4 is 7.16 Å². The first kappa shape index (κ1) is 14.8. The normalized spacial score (nSPS) is 11.0. The molecule has 18 heavy (non-hydrogen) atoms. The van der Waals surface area contributed by atoms with Gasteiger partial charge in [0.25, 0.3) is 0 Å². The molecule has 0 atom stereocenters. The quantitative estimate of drug-likeness (QED) is 0.620. The molecule has 0 unspecified atom stereocenters. The van der Waals surface area contributed by atoms with Crippen molar-refractivity contribution in [3.05, 3.63) is 56.5 Å². The van der Waals surface area contributed by atoms with Gasteiger partial charge in [-0.1, -0.05) is 0 Å². The van der Waals surface area contributed by atoms with Crippen LogP contribution in [-0.2, 0) is 0 Å². The third-order valence-electron chi connectivity index (χ3n) is 2.71. The van der Waals surface area contributed by atoms with Crippen LogP contribution in [0.5, 0.6) is 0 Å². The van der Waals surface area contributed by atoms with Gasteiger partial charge in [-0.25, -0.2) is 0 Å². The molecule has 2 aromatic rings. The molecule has 0 aromatic heterocycles. The Morgan fingerprint density at radius 3 is 1.39 bits per heavy atom. The fraction of sp³-hybridized carbons (Fsp3) is 0.0769. The van der Waals surface area contributed by atoms with Crippen molar-refractivity contribution in [3.8, 4) is 0 Å². The van der Waals surface area contributed by atoms with Crippen molar-refractivity contribution in [2.24, 2.45) is 0 Å². The van der Waals surface area contributed by atoms with E-state index in [4.69, 9.17) is 46.4 Å². The summed E-state index contributed by atoms with van der Waals surface area (Å²) in [6, 6.07) is 11.7. The summed E-state index contributed by atoms with van der Waals surface area (Å²) in [5, 5.41) is 2.39. The molecule has 0 N–H and O–H groups in total. The van der Waals surface area contributed by atoms with Gasteiger partial charge in [-0.05, 0) is 0 Å². The van der Waals surface area contributed by atoms with Gasteiger partial charge in [0.2, 0.25) is 0 Å². The molecule has 1 radical (unpaired) electrons. The van der Waals surface area contributed by atoms with Crippen LogP contribution in [0.15, 0.2) is 36.4 Å². The van der Waals surface area contributed by atoms with Crippen molar-refractivity contribution < 1.29 is 0 Å². The zero-order chi connectivity index (χ0) is 13.3. The Morgan fingerprint density at radius 2 is 1.06 bits per heavy atom. The summed E-state index contributed by atoms with van der Waals surface area (Å²) in [5.74, 6) is 0. The Kier molecular flexibility index (Phi) is 5.12. The van der Waals surface area contributed by atoms with Crippen molar-refractivity contribution in [2.45, 2.75) is 4.94 Å². The van der Waals surface area contributed by atoms with Gasteiger partial charge >= 0.3 is 135 Å². The fourth-order valence-electron chi connectivity index (χ4n) is 1.63. The number of hydrogen-bond acceptors (Lipinski definition) is 0. The summed E-state index contributed by atoms with van der Waals surface area (Å²) in [4.78, 5) is 2.28. The van der Waals surface area contributed by atoms with Gasteiger partial charge in [0.05, 0.1) is 0 Å². The number of halogens is 4. The predicted molar refractivity (Wildman–Crippen MR) is 83.8 cm³/mol. The minimum absolute atomic E-state index is 0.589. The maximum atomic E-state index is 6.05. The Hall–Kier alpha value is 0.399. The maximum absolute atomic E-state index is 6.05. The van der Waals surface area contributed by atoms with Crippen LogP contribution in [0, 0.1) is 0 Å². The van der Waals surface area contributed by atoms with Crippen LogP contribution in [0.25, 0.3) is 0 Å². The second-order valence-electron chi connectivity index (χ2n) is 3.88. The summed E-state index contributed by atoms with van der Waals surface area (Å²) in [6.45, 7) is 0. The second-order valence-corrected chi connectivity index (χ2v) is 12.4. The average Bonchev–Trinajstić information content (AvgIpc) is 2.35. The molecule has 0 saturated heterocycles. The molecule has 2 aromatic carbocycles. The van der Waals surface area contributed by atoms with Crippen molar-refractivity contribution >= 4 is 73.3 Å². The van der Waals surface area contributed by atoms with Crippen LogP contribution in [0.3, 0.4) is 0 Å². The number of rotatable bonds is 2. The van der Waals surface area contributed by atoms with E-state index >= 15 is 0 Å². The summed E-state index contributed by atoms with van der Waals surface area (Å²) in [6.07, 6.45) is 0. The van der Waals surface area contributed by atoms with E-state index < -0.39 is 19.8 Å². The molecule has 0 spiro atoms. The Bertz CT molecular complexity index is 532. The van der Waals surface area contributed by atoms with Crippen LogP contribution >= 0.6 is 46.4 Å². The fourth-order valence-corrected chi connectivity index (χ4v) is 7.66. The Labute approximate surface area is 134 Å². The Balaban J connectivity index is 2.37. The molecule has 0 aliphatic rings. The van der Waals surface area contributed by atoms with Crippen LogP contribution in [0.1, 0.15) is 0 Å². The first-order valence-corrected chi connectivity index (χ1v) is 12.5. The molecule has 0 saturated carbocycles. The van der Waals surface area contributed by atoms with E-state index in [0.29, 0.717) is 20.1 Å². The molecule has 0 amide bonds. The van der Waals surface area contributed by atoms with E-state index in [-0.39, 0.29) is 0 Å². The first-order valence-electron chi connectivity index (χ1n) is 5.23. The van der Waals surface area contributed by atoms with E-state index in [9.17, 15) is 0 Å². The van der Waals surface area contributed by atoms with E-state index in [1.54, 1.807) is 0 Å². The van der Waals surface area contributed by atoms with Crippen molar-refractivity contribution in [3.63, 3.8) is 0 Å². The third-order valence-corrected chi connectivity index (χ3v) is 10.9. The van der Waals surface area contributed by atoms with Crippen molar-refractivity contribution in [2.75, 3.05) is 0 Å². The predicted octanol–water partition coefficient (Wildman–Crippen LogP) is 4.54. The SMILES string of the molecule is [CH3][Sn]([c]1ccc(Cl)c(Cl)c1)[c]1ccc(Cl)c(Cl)c1. The molecular weight excluding hydrogens is 417 g/mol. The molecule has 93 valence electrons. The number of benzene rings is 2. The van der Waals surface area contributed by atoms with Crippen molar-refractivity contribution in [1.82, 2.24) is 0 Å². The van der Waals surface area contributed by atoms with Gasteiger partial charge < -0.3 is 0 Å². The molecule has 0 heterocycles. The second kappa shape index (κ2) is 6.23.